The van der Waals surface area contributed by atoms with Crippen LogP contribution in [-0.4, -0.2) is 19.0 Å². The molecule has 7 heteroatoms. The van der Waals surface area contributed by atoms with Gasteiger partial charge >= 0.3 is 5.97 Å². The van der Waals surface area contributed by atoms with Gasteiger partial charge in [0.15, 0.2) is 11.6 Å². The third-order valence-corrected chi connectivity index (χ3v) is 3.27. The van der Waals surface area contributed by atoms with Crippen molar-refractivity contribution in [1.82, 2.24) is 5.32 Å². The zero-order chi connectivity index (χ0) is 18.4. The molecule has 0 heterocycles. The normalized spacial score (nSPS) is 11.1. The van der Waals surface area contributed by atoms with Crippen molar-refractivity contribution >= 4 is 11.9 Å². The number of carbonyl (C=O) groups excluding carboxylic acids is 2. The number of rotatable bonds is 5. The molecule has 2 rings (SSSR count). The minimum Gasteiger partial charge on any atom is -0.466 e. The Hall–Kier alpha value is -3.09. The second-order valence-electron chi connectivity index (χ2n) is 5.05. The van der Waals surface area contributed by atoms with Gasteiger partial charge in [-0.25, -0.2) is 18.0 Å². The highest BCUT2D eigenvalue weighted by molar-refractivity contribution is 5.96. The molecule has 0 aliphatic rings. The summed E-state index contributed by atoms with van der Waals surface area (Å²) in [5.41, 5.74) is 0.0667. The molecule has 0 spiro atoms. The van der Waals surface area contributed by atoms with Crippen molar-refractivity contribution in [3.8, 4) is 0 Å². The van der Waals surface area contributed by atoms with Crippen molar-refractivity contribution in [2.45, 2.75) is 6.42 Å². The summed E-state index contributed by atoms with van der Waals surface area (Å²) >= 11 is 0. The van der Waals surface area contributed by atoms with Crippen molar-refractivity contribution in [3.63, 3.8) is 0 Å². The first-order chi connectivity index (χ1) is 11.9. The van der Waals surface area contributed by atoms with Gasteiger partial charge in [0, 0.05) is 29.8 Å². The molecule has 25 heavy (non-hydrogen) atoms. The quantitative estimate of drug-likeness (QED) is 0.513. The Morgan fingerprint density at radius 1 is 1.04 bits per heavy atom. The average Bonchev–Trinajstić information content (AvgIpc) is 2.60. The van der Waals surface area contributed by atoms with E-state index in [1.54, 1.807) is 30.3 Å². The third kappa shape index (κ3) is 4.94. The Kier molecular flexibility index (Phi) is 5.94. The van der Waals surface area contributed by atoms with Gasteiger partial charge in [-0.05, 0) is 23.8 Å². The van der Waals surface area contributed by atoms with Gasteiger partial charge in [-0.3, -0.25) is 4.79 Å². The van der Waals surface area contributed by atoms with Gasteiger partial charge in [-0.2, -0.15) is 0 Å². The van der Waals surface area contributed by atoms with Gasteiger partial charge in [0.05, 0.1) is 7.11 Å². The van der Waals surface area contributed by atoms with E-state index in [1.165, 1.54) is 0 Å². The maximum absolute atomic E-state index is 13.8. The molecule has 2 aromatic carbocycles. The molecule has 0 saturated carbocycles. The van der Waals surface area contributed by atoms with Gasteiger partial charge in [0.25, 0.3) is 5.91 Å². The topological polar surface area (TPSA) is 55.4 Å². The Balaban J connectivity index is 2.28. The first-order valence-corrected chi connectivity index (χ1v) is 7.19. The molecule has 0 aliphatic carbocycles. The summed E-state index contributed by atoms with van der Waals surface area (Å²) in [5, 5.41) is 2.45. The Morgan fingerprint density at radius 2 is 1.68 bits per heavy atom. The molecular weight excluding hydrogens is 335 g/mol. The third-order valence-electron chi connectivity index (χ3n) is 3.27. The van der Waals surface area contributed by atoms with E-state index in [0.717, 1.165) is 13.2 Å². The molecule has 0 radical (unpaired) electrons. The maximum Gasteiger partial charge on any atom is 0.332 e. The number of esters is 1. The van der Waals surface area contributed by atoms with E-state index in [2.05, 4.69) is 10.1 Å². The minimum atomic E-state index is -1.33. The minimum absolute atomic E-state index is 0.0226. The molecule has 1 amide bonds. The Morgan fingerprint density at radius 3 is 2.32 bits per heavy atom. The lowest BCUT2D eigenvalue weighted by Gasteiger charge is -2.11. The summed E-state index contributed by atoms with van der Waals surface area (Å²) in [5.74, 6) is -4.88. The van der Waals surface area contributed by atoms with Crippen LogP contribution in [0.1, 0.15) is 15.9 Å². The first-order valence-electron chi connectivity index (χ1n) is 7.19. The highest BCUT2D eigenvalue weighted by atomic mass is 19.2. The van der Waals surface area contributed by atoms with Crippen LogP contribution < -0.4 is 5.32 Å². The lowest BCUT2D eigenvalue weighted by molar-refractivity contribution is -0.134. The predicted molar refractivity (Wildman–Crippen MR) is 84.0 cm³/mol. The Labute approximate surface area is 141 Å². The van der Waals surface area contributed by atoms with Crippen molar-refractivity contribution < 1.29 is 27.5 Å². The number of amides is 1. The second-order valence-corrected chi connectivity index (χ2v) is 5.05. The van der Waals surface area contributed by atoms with E-state index in [9.17, 15) is 22.8 Å². The number of allylic oxidation sites excluding steroid dienone is 1. The summed E-state index contributed by atoms with van der Waals surface area (Å²) in [7, 11) is 1.13. The molecular formula is C18H14F3NO3. The van der Waals surface area contributed by atoms with Gasteiger partial charge in [0.1, 0.15) is 5.82 Å². The lowest BCUT2D eigenvalue weighted by atomic mass is 10.1. The van der Waals surface area contributed by atoms with Crippen LogP contribution in [0.15, 0.2) is 54.2 Å². The van der Waals surface area contributed by atoms with Crippen molar-refractivity contribution in [3.05, 3.63) is 82.8 Å². The maximum atomic E-state index is 13.8. The molecule has 0 unspecified atom stereocenters. The molecule has 0 aliphatic heterocycles. The summed E-state index contributed by atoms with van der Waals surface area (Å²) in [6.07, 6.45) is 0.609. The van der Waals surface area contributed by atoms with Crippen LogP contribution in [0.4, 0.5) is 13.2 Å². The van der Waals surface area contributed by atoms with Crippen molar-refractivity contribution in [2.75, 3.05) is 7.11 Å². The highest BCUT2D eigenvalue weighted by Gasteiger charge is 2.15. The van der Waals surface area contributed by atoms with Gasteiger partial charge < -0.3 is 10.1 Å². The number of methoxy groups -OCH3 is 1. The van der Waals surface area contributed by atoms with Crippen LogP contribution >= 0.6 is 0 Å². The fraction of sp³-hybridized carbons (Fsp3) is 0.111. The van der Waals surface area contributed by atoms with E-state index in [1.807, 2.05) is 0 Å². The summed E-state index contributed by atoms with van der Waals surface area (Å²) in [6.45, 7) is 0. The van der Waals surface area contributed by atoms with Gasteiger partial charge in [-0.15, -0.1) is 0 Å². The average molecular weight is 349 g/mol. The van der Waals surface area contributed by atoms with E-state index in [-0.39, 0.29) is 17.7 Å². The van der Waals surface area contributed by atoms with E-state index in [0.29, 0.717) is 17.7 Å². The Bertz CT molecular complexity index is 820. The van der Waals surface area contributed by atoms with Crippen LogP contribution in [-0.2, 0) is 16.0 Å². The zero-order valence-electron chi connectivity index (χ0n) is 13.2. The molecule has 2 aromatic rings. The first kappa shape index (κ1) is 18.3. The number of hydrogen-bond donors (Lipinski definition) is 1. The second kappa shape index (κ2) is 8.14. The number of ether oxygens (including phenoxy) is 1. The van der Waals surface area contributed by atoms with Crippen LogP contribution in [0, 0.1) is 17.5 Å². The fourth-order valence-electron chi connectivity index (χ4n) is 2.04. The van der Waals surface area contributed by atoms with Crippen LogP contribution in [0.2, 0.25) is 0 Å². The van der Waals surface area contributed by atoms with E-state index in [4.69, 9.17) is 0 Å². The molecule has 130 valence electrons. The van der Waals surface area contributed by atoms with Crippen LogP contribution in [0.25, 0.3) is 0 Å². The SMILES string of the molecule is COC(=O)C=C(Cc1cc(F)c(F)cc1F)NC(=O)c1ccccc1. The monoisotopic (exact) mass is 349 g/mol. The van der Waals surface area contributed by atoms with Crippen LogP contribution in [0.3, 0.4) is 0 Å². The molecule has 4 nitrogen and oxygen atoms in total. The summed E-state index contributed by atoms with van der Waals surface area (Å²) in [6, 6.07) is 9.18. The number of benzene rings is 2. The van der Waals surface area contributed by atoms with E-state index < -0.39 is 29.3 Å². The molecule has 0 fully saturated rings. The largest absolute Gasteiger partial charge is 0.466 e. The zero-order valence-corrected chi connectivity index (χ0v) is 13.2. The van der Waals surface area contributed by atoms with Crippen molar-refractivity contribution in [1.29, 1.82) is 0 Å². The number of carbonyl (C=O) groups is 2. The number of halogens is 3. The summed E-state index contributed by atoms with van der Waals surface area (Å²) in [4.78, 5) is 23.6. The van der Waals surface area contributed by atoms with E-state index >= 15 is 0 Å². The number of nitrogens with one attached hydrogen (secondary N) is 1. The lowest BCUT2D eigenvalue weighted by Crippen LogP contribution is -2.25. The summed E-state index contributed by atoms with van der Waals surface area (Å²) < 4.78 is 44.6. The highest BCUT2D eigenvalue weighted by Crippen LogP contribution is 2.17. The van der Waals surface area contributed by atoms with Gasteiger partial charge in [0.2, 0.25) is 0 Å². The number of hydrogen-bond acceptors (Lipinski definition) is 3. The predicted octanol–water partition coefficient (Wildman–Crippen LogP) is 3.13. The van der Waals surface area contributed by atoms with Crippen molar-refractivity contribution in [2.24, 2.45) is 0 Å². The fourth-order valence-corrected chi connectivity index (χ4v) is 2.04. The molecule has 0 aromatic heterocycles. The van der Waals surface area contributed by atoms with Crippen LogP contribution in [0.5, 0.6) is 0 Å². The van der Waals surface area contributed by atoms with Gasteiger partial charge in [-0.1, -0.05) is 18.2 Å². The molecule has 1 N–H and O–H groups in total. The molecule has 0 atom stereocenters. The smallest absolute Gasteiger partial charge is 0.332 e. The molecule has 0 saturated heterocycles. The molecule has 0 bridgehead atoms. The standard InChI is InChI=1S/C18H14F3NO3/c1-25-17(23)9-13(22-18(24)11-5-3-2-4-6-11)7-12-8-15(20)16(21)10-14(12)19/h2-6,8-10H,7H2,1H3,(H,22,24).